The van der Waals surface area contributed by atoms with Crippen molar-refractivity contribution in [2.24, 2.45) is 0 Å². The molecule has 1 aromatic heterocycles. The van der Waals surface area contributed by atoms with Crippen molar-refractivity contribution < 1.29 is 4.57 Å². The van der Waals surface area contributed by atoms with Crippen molar-refractivity contribution in [3.05, 3.63) is 114 Å². The molecule has 1 heterocycles. The molecule has 4 rings (SSSR count). The van der Waals surface area contributed by atoms with Crippen molar-refractivity contribution in [1.29, 1.82) is 0 Å². The van der Waals surface area contributed by atoms with Crippen LogP contribution < -0.4 is 4.57 Å². The van der Waals surface area contributed by atoms with E-state index in [0.29, 0.717) is 0 Å². The number of unbranched alkanes of at least 4 members (excludes halogenated alkanes) is 22. The van der Waals surface area contributed by atoms with Gasteiger partial charge in [0.1, 0.15) is 6.54 Å². The van der Waals surface area contributed by atoms with Gasteiger partial charge in [0.15, 0.2) is 12.4 Å². The molecule has 0 amide bonds. The Kier molecular flexibility index (Phi) is 22.6. The van der Waals surface area contributed by atoms with Gasteiger partial charge in [-0.25, -0.2) is 4.57 Å². The summed E-state index contributed by atoms with van der Waals surface area (Å²) in [5, 5.41) is 5.58. The zero-order valence-electron chi connectivity index (χ0n) is 35.6. The summed E-state index contributed by atoms with van der Waals surface area (Å²) < 4.78 is 2.34. The molecule has 0 saturated heterocycles. The van der Waals surface area contributed by atoms with E-state index in [4.69, 9.17) is 0 Å². The van der Waals surface area contributed by atoms with E-state index in [1.54, 1.807) is 0 Å². The minimum absolute atomic E-state index is 1.12. The second-order valence-electron chi connectivity index (χ2n) is 16.5. The van der Waals surface area contributed by atoms with Gasteiger partial charge in [-0.05, 0) is 64.4 Å². The van der Waals surface area contributed by atoms with E-state index < -0.39 is 0 Å². The van der Waals surface area contributed by atoms with Crippen LogP contribution in [0.1, 0.15) is 192 Å². The molecule has 0 fully saturated rings. The summed E-state index contributed by atoms with van der Waals surface area (Å²) in [7, 11) is 0. The third-order valence-corrected chi connectivity index (χ3v) is 11.7. The van der Waals surface area contributed by atoms with Crippen LogP contribution in [0.4, 0.5) is 0 Å². The first-order valence-corrected chi connectivity index (χ1v) is 23.2. The maximum Gasteiger partial charge on any atom is 0.169 e. The highest BCUT2D eigenvalue weighted by molar-refractivity contribution is 6.09. The molecule has 0 bridgehead atoms. The van der Waals surface area contributed by atoms with Crippen LogP contribution in [0.15, 0.2) is 96.9 Å². The molecule has 1 nitrogen and oxygen atoms in total. The smallest absolute Gasteiger partial charge is 0.169 e. The summed E-state index contributed by atoms with van der Waals surface area (Å²) in [6.45, 7) is 7.92. The number of rotatable bonds is 30. The molecule has 0 saturated carbocycles. The molecular weight excluding hydrogens is 663 g/mol. The second kappa shape index (κ2) is 28.0. The Morgan fingerprint density at radius 2 is 0.891 bits per heavy atom. The van der Waals surface area contributed by atoms with E-state index in [-0.39, 0.29) is 0 Å². The Bertz CT molecular complexity index is 1630. The zero-order valence-corrected chi connectivity index (χ0v) is 35.6. The van der Waals surface area contributed by atoms with Crippen molar-refractivity contribution >= 4 is 33.7 Å². The number of nitrogens with zero attached hydrogens (tertiary/aromatic N) is 1. The summed E-state index contributed by atoms with van der Waals surface area (Å²) in [6.07, 6.45) is 50.4. The highest BCUT2D eigenvalue weighted by atomic mass is 14.9. The lowest BCUT2D eigenvalue weighted by Gasteiger charge is -2.15. The van der Waals surface area contributed by atoms with Crippen LogP contribution in [0.25, 0.3) is 33.7 Å². The number of hydrogen-bond donors (Lipinski definition) is 0. The van der Waals surface area contributed by atoms with Crippen molar-refractivity contribution in [3.63, 3.8) is 0 Å². The number of aryl methyl sites for hydroxylation is 2. The second-order valence-corrected chi connectivity index (χ2v) is 16.5. The van der Waals surface area contributed by atoms with E-state index >= 15 is 0 Å². The van der Waals surface area contributed by atoms with Crippen LogP contribution in [-0.4, -0.2) is 0 Å². The highest BCUT2D eigenvalue weighted by Gasteiger charge is 2.12. The number of pyridine rings is 1. The van der Waals surface area contributed by atoms with Crippen molar-refractivity contribution in [2.75, 3.05) is 0 Å². The Balaban J connectivity index is 1.23. The first-order chi connectivity index (χ1) is 27.2. The molecule has 0 aliphatic rings. The van der Waals surface area contributed by atoms with Gasteiger partial charge in [0.2, 0.25) is 0 Å². The molecule has 0 aliphatic carbocycles. The number of hydrogen-bond acceptors (Lipinski definition) is 0. The fraction of sp³-hybridized carbons (Fsp3) is 0.537. The first kappa shape index (κ1) is 44.3. The van der Waals surface area contributed by atoms with Gasteiger partial charge in [0.25, 0.3) is 0 Å². The van der Waals surface area contributed by atoms with Gasteiger partial charge in [0.05, 0.1) is 0 Å². The molecule has 0 spiro atoms. The standard InChI is InChI=1S/C54H78N/c1-4-6-8-10-12-14-16-17-18-19-20-22-24-26-34-49-50-35-27-29-37-52(50)54(53-38-30-28-36-51(49)53)39-32-33-47(3)40-41-48-42-45-55(46-43-48)44-31-25-23-21-15-13-11-9-7-5-2/h27-30,32-33,35-43,45-46H,4-26,31,34,44H2,1-3H3/q+1/b39-32+,41-40+,47-33+. The maximum absolute atomic E-state index is 2.35. The van der Waals surface area contributed by atoms with Gasteiger partial charge in [0, 0.05) is 18.6 Å². The lowest BCUT2D eigenvalue weighted by molar-refractivity contribution is -0.697. The van der Waals surface area contributed by atoms with Crippen LogP contribution in [0, 0.1) is 0 Å². The molecule has 0 N–H and O–H groups in total. The number of fused-ring (bicyclic) bond motifs is 2. The van der Waals surface area contributed by atoms with Crippen LogP contribution in [0.5, 0.6) is 0 Å². The Morgan fingerprint density at radius 1 is 0.473 bits per heavy atom. The van der Waals surface area contributed by atoms with E-state index in [9.17, 15) is 0 Å². The number of allylic oxidation sites excluding steroid dienone is 4. The topological polar surface area (TPSA) is 3.88 Å². The van der Waals surface area contributed by atoms with Crippen LogP contribution >= 0.6 is 0 Å². The predicted molar refractivity (Wildman–Crippen MR) is 246 cm³/mol. The summed E-state index contributed by atoms with van der Waals surface area (Å²) in [4.78, 5) is 0. The minimum atomic E-state index is 1.12. The third-order valence-electron chi connectivity index (χ3n) is 11.7. The van der Waals surface area contributed by atoms with Gasteiger partial charge in [-0.2, -0.15) is 0 Å². The molecule has 298 valence electrons. The quantitative estimate of drug-likeness (QED) is 0.0217. The summed E-state index contributed by atoms with van der Waals surface area (Å²) in [5.74, 6) is 0. The van der Waals surface area contributed by atoms with Crippen molar-refractivity contribution in [1.82, 2.24) is 0 Å². The molecule has 3 aromatic carbocycles. The van der Waals surface area contributed by atoms with E-state index in [1.165, 1.54) is 198 Å². The van der Waals surface area contributed by atoms with Crippen LogP contribution in [0.2, 0.25) is 0 Å². The lowest BCUT2D eigenvalue weighted by Crippen LogP contribution is -2.32. The fourth-order valence-electron chi connectivity index (χ4n) is 8.29. The molecule has 0 radical (unpaired) electrons. The largest absolute Gasteiger partial charge is 0.205 e. The van der Waals surface area contributed by atoms with Crippen LogP contribution in [-0.2, 0) is 13.0 Å². The fourth-order valence-corrected chi connectivity index (χ4v) is 8.29. The number of benzene rings is 3. The average molecular weight is 741 g/mol. The molecule has 0 aliphatic heterocycles. The Morgan fingerprint density at radius 3 is 1.36 bits per heavy atom. The summed E-state index contributed by atoms with van der Waals surface area (Å²) >= 11 is 0. The predicted octanol–water partition coefficient (Wildman–Crippen LogP) is 16.9. The molecule has 55 heavy (non-hydrogen) atoms. The van der Waals surface area contributed by atoms with Gasteiger partial charge in [-0.1, -0.05) is 233 Å². The molecule has 0 unspecified atom stereocenters. The average Bonchev–Trinajstić information content (AvgIpc) is 3.21. The van der Waals surface area contributed by atoms with E-state index in [2.05, 4.69) is 129 Å². The number of aromatic nitrogens is 1. The SMILES string of the molecule is CCCCCCCCCCCCCCCCc1c2ccccc2c(/C=C/C=C(C)/C=C/c2cc[n+](CCCCCCCCCCCC)cc2)c2ccccc12. The summed E-state index contributed by atoms with van der Waals surface area (Å²) in [5.41, 5.74) is 5.37. The van der Waals surface area contributed by atoms with E-state index in [0.717, 1.165) is 13.0 Å². The monoisotopic (exact) mass is 741 g/mol. The Hall–Kier alpha value is -3.45. The van der Waals surface area contributed by atoms with Gasteiger partial charge < -0.3 is 0 Å². The minimum Gasteiger partial charge on any atom is -0.205 e. The lowest BCUT2D eigenvalue weighted by atomic mass is 9.89. The van der Waals surface area contributed by atoms with E-state index in [1.807, 2.05) is 0 Å². The zero-order chi connectivity index (χ0) is 38.6. The van der Waals surface area contributed by atoms with Gasteiger partial charge >= 0.3 is 0 Å². The van der Waals surface area contributed by atoms with Gasteiger partial charge in [-0.3, -0.25) is 0 Å². The van der Waals surface area contributed by atoms with Crippen LogP contribution in [0.3, 0.4) is 0 Å². The highest BCUT2D eigenvalue weighted by Crippen LogP contribution is 2.35. The third kappa shape index (κ3) is 17.1. The van der Waals surface area contributed by atoms with Gasteiger partial charge in [-0.15, -0.1) is 0 Å². The van der Waals surface area contributed by atoms with Crippen molar-refractivity contribution in [2.45, 2.75) is 188 Å². The molecule has 0 atom stereocenters. The maximum atomic E-state index is 2.35. The summed E-state index contributed by atoms with van der Waals surface area (Å²) in [6, 6.07) is 22.7. The molecule has 1 heteroatoms. The molecule has 4 aromatic rings. The Labute approximate surface area is 338 Å². The normalized spacial score (nSPS) is 12.3. The molecular formula is C54H78N+. The van der Waals surface area contributed by atoms with Crippen molar-refractivity contribution in [3.8, 4) is 0 Å². The first-order valence-electron chi connectivity index (χ1n) is 23.2.